The minimum atomic E-state index is -3.49. The second-order valence-corrected chi connectivity index (χ2v) is 9.00. The number of aliphatic hydroxyl groups is 1. The number of aliphatic hydroxyl groups excluding tert-OH is 1. The summed E-state index contributed by atoms with van der Waals surface area (Å²) in [6, 6.07) is 6.49. The number of β-amino-alcohol motifs (C(OH)–C–C–N with tert-alkyl or cyclic N) is 1. The lowest BCUT2D eigenvalue weighted by Gasteiger charge is -2.35. The van der Waals surface area contributed by atoms with Crippen molar-refractivity contribution in [3.63, 3.8) is 0 Å². The number of carbonyl (C=O) groups excluding carboxylic acids is 1. The van der Waals surface area contributed by atoms with Crippen molar-refractivity contribution in [1.29, 1.82) is 0 Å². The maximum absolute atomic E-state index is 12.4. The number of sulfonamides is 1. The van der Waals surface area contributed by atoms with E-state index >= 15 is 0 Å². The second kappa shape index (κ2) is 11.5. The van der Waals surface area contributed by atoms with E-state index in [9.17, 15) is 18.3 Å². The fourth-order valence-electron chi connectivity index (χ4n) is 3.46. The molecule has 0 saturated carbocycles. The number of piperazine rings is 1. The van der Waals surface area contributed by atoms with Crippen LogP contribution in [0.2, 0.25) is 0 Å². The van der Waals surface area contributed by atoms with E-state index < -0.39 is 16.1 Å². The number of hydrogen-bond acceptors (Lipinski definition) is 6. The van der Waals surface area contributed by atoms with Crippen LogP contribution in [-0.4, -0.2) is 87.2 Å². The van der Waals surface area contributed by atoms with Gasteiger partial charge in [-0.1, -0.05) is 17.7 Å². The van der Waals surface area contributed by atoms with E-state index in [-0.39, 0.29) is 41.7 Å². The molecule has 3 rings (SSSR count). The highest BCUT2D eigenvalue weighted by Crippen LogP contribution is 2.12. The third kappa shape index (κ3) is 7.06. The summed E-state index contributed by atoms with van der Waals surface area (Å²) < 4.78 is 27.2. The molecule has 0 aliphatic carbocycles. The maximum Gasteiger partial charge on any atom is 0.240 e. The largest absolute Gasteiger partial charge is 0.392 e. The Bertz CT molecular complexity index is 756. The summed E-state index contributed by atoms with van der Waals surface area (Å²) in [6.07, 6.45) is 0.0293. The van der Waals surface area contributed by atoms with Crippen molar-refractivity contribution >= 4 is 40.7 Å². The highest BCUT2D eigenvalue weighted by molar-refractivity contribution is 7.89. The van der Waals surface area contributed by atoms with Crippen LogP contribution in [0.4, 0.5) is 0 Å². The van der Waals surface area contributed by atoms with Crippen molar-refractivity contribution in [3.05, 3.63) is 29.8 Å². The van der Waals surface area contributed by atoms with Gasteiger partial charge < -0.3 is 15.3 Å². The molecular weight excluding hydrogens is 439 g/mol. The van der Waals surface area contributed by atoms with E-state index in [0.717, 1.165) is 5.56 Å². The number of amides is 1. The summed E-state index contributed by atoms with van der Waals surface area (Å²) in [7, 11) is -3.49. The van der Waals surface area contributed by atoms with Crippen LogP contribution in [0.25, 0.3) is 0 Å². The third-order valence-corrected chi connectivity index (χ3v) is 6.62. The maximum atomic E-state index is 12.4. The van der Waals surface area contributed by atoms with Crippen molar-refractivity contribution < 1.29 is 18.3 Å². The smallest absolute Gasteiger partial charge is 0.240 e. The fourth-order valence-corrected chi connectivity index (χ4v) is 4.48. The number of hydrogen-bond donors (Lipinski definition) is 3. The van der Waals surface area contributed by atoms with E-state index in [1.807, 2.05) is 11.8 Å². The molecule has 2 aliphatic rings. The van der Waals surface area contributed by atoms with Gasteiger partial charge in [0.15, 0.2) is 0 Å². The average Bonchev–Trinajstić information content (AvgIpc) is 3.08. The van der Waals surface area contributed by atoms with E-state index in [4.69, 9.17) is 0 Å². The minimum Gasteiger partial charge on any atom is -0.392 e. The predicted molar refractivity (Wildman–Crippen MR) is 116 cm³/mol. The van der Waals surface area contributed by atoms with Crippen molar-refractivity contribution in [1.82, 2.24) is 19.8 Å². The second-order valence-electron chi connectivity index (χ2n) is 7.23. The first-order chi connectivity index (χ1) is 12.8. The van der Waals surface area contributed by atoms with Crippen LogP contribution >= 0.6 is 24.8 Å². The highest BCUT2D eigenvalue weighted by atomic mass is 35.5. The zero-order valence-electron chi connectivity index (χ0n) is 16.4. The normalized spacial score (nSPS) is 22.6. The van der Waals surface area contributed by atoms with Crippen LogP contribution in [0.1, 0.15) is 12.0 Å². The standard InChI is InChI=1S/C18H28N4O4S.2ClH/c1-14-2-4-16(5-3-14)27(25,26)20-6-7-21-8-10-22(11-9-21)18(24)17-12-15(23)13-19-17;;/h2-5,15,17,19-20,23H,6-13H2,1H3;2*1H. The van der Waals surface area contributed by atoms with E-state index in [0.29, 0.717) is 52.2 Å². The molecule has 2 unspecified atom stereocenters. The van der Waals surface area contributed by atoms with Gasteiger partial charge in [0.25, 0.3) is 0 Å². The Morgan fingerprint density at radius 2 is 1.79 bits per heavy atom. The van der Waals surface area contributed by atoms with E-state index in [2.05, 4.69) is 14.9 Å². The Balaban J connectivity index is 0.00000210. The molecule has 166 valence electrons. The molecule has 11 heteroatoms. The van der Waals surface area contributed by atoms with Gasteiger partial charge in [-0.3, -0.25) is 9.69 Å². The van der Waals surface area contributed by atoms with Crippen LogP contribution < -0.4 is 10.0 Å². The molecule has 3 N–H and O–H groups in total. The Hall–Kier alpha value is -0.940. The molecular formula is C18H30Cl2N4O4S. The molecule has 2 heterocycles. The highest BCUT2D eigenvalue weighted by Gasteiger charge is 2.32. The van der Waals surface area contributed by atoms with Gasteiger partial charge >= 0.3 is 0 Å². The Morgan fingerprint density at radius 1 is 1.17 bits per heavy atom. The van der Waals surface area contributed by atoms with Gasteiger partial charge in [0, 0.05) is 45.8 Å². The first-order valence-corrected chi connectivity index (χ1v) is 10.8. The number of halogens is 2. The molecule has 2 saturated heterocycles. The molecule has 2 aliphatic heterocycles. The number of nitrogens with zero attached hydrogens (tertiary/aromatic N) is 2. The topological polar surface area (TPSA) is 102 Å². The average molecular weight is 469 g/mol. The van der Waals surface area contributed by atoms with Gasteiger partial charge in [-0.15, -0.1) is 24.8 Å². The molecule has 0 radical (unpaired) electrons. The molecule has 1 aromatic rings. The van der Waals surface area contributed by atoms with Gasteiger partial charge in [0.05, 0.1) is 17.0 Å². The van der Waals surface area contributed by atoms with Gasteiger partial charge in [-0.2, -0.15) is 0 Å². The van der Waals surface area contributed by atoms with Gasteiger partial charge in [-0.25, -0.2) is 13.1 Å². The molecule has 29 heavy (non-hydrogen) atoms. The molecule has 1 aromatic carbocycles. The molecule has 0 spiro atoms. The molecule has 0 aromatic heterocycles. The third-order valence-electron chi connectivity index (χ3n) is 5.14. The van der Waals surface area contributed by atoms with Crippen LogP contribution in [0.3, 0.4) is 0 Å². The first-order valence-electron chi connectivity index (χ1n) is 9.34. The van der Waals surface area contributed by atoms with Gasteiger partial charge in [0.1, 0.15) is 0 Å². The fraction of sp³-hybridized carbons (Fsp3) is 0.611. The van der Waals surface area contributed by atoms with Crippen LogP contribution in [0.5, 0.6) is 0 Å². The van der Waals surface area contributed by atoms with Crippen molar-refractivity contribution in [2.45, 2.75) is 30.4 Å². The zero-order chi connectivity index (χ0) is 19.4. The molecule has 0 bridgehead atoms. The predicted octanol–water partition coefficient (Wildman–Crippen LogP) is -0.0161. The SMILES string of the molecule is Cc1ccc(S(=O)(=O)NCCN2CCN(C(=O)C3CC(O)CN3)CC2)cc1.Cl.Cl. The molecule has 1 amide bonds. The molecule has 2 atom stereocenters. The molecule has 2 fully saturated rings. The van der Waals surface area contributed by atoms with Crippen molar-refractivity contribution in [2.24, 2.45) is 0 Å². The quantitative estimate of drug-likeness (QED) is 0.542. The first kappa shape index (κ1) is 26.1. The zero-order valence-corrected chi connectivity index (χ0v) is 18.9. The summed E-state index contributed by atoms with van der Waals surface area (Å²) in [6.45, 7) is 6.00. The molecule has 8 nitrogen and oxygen atoms in total. The number of rotatable bonds is 6. The van der Waals surface area contributed by atoms with Crippen molar-refractivity contribution in [3.8, 4) is 0 Å². The van der Waals surface area contributed by atoms with Crippen LogP contribution in [-0.2, 0) is 14.8 Å². The Morgan fingerprint density at radius 3 is 2.34 bits per heavy atom. The van der Waals surface area contributed by atoms with Crippen molar-refractivity contribution in [2.75, 3.05) is 45.8 Å². The van der Waals surface area contributed by atoms with Crippen LogP contribution in [0, 0.1) is 6.92 Å². The lowest BCUT2D eigenvalue weighted by molar-refractivity contribution is -0.135. The summed E-state index contributed by atoms with van der Waals surface area (Å²) in [5.41, 5.74) is 1.02. The van der Waals surface area contributed by atoms with Gasteiger partial charge in [0.2, 0.25) is 15.9 Å². The number of aryl methyl sites for hydroxylation is 1. The van der Waals surface area contributed by atoms with Gasteiger partial charge in [-0.05, 0) is 25.5 Å². The van der Waals surface area contributed by atoms with Crippen LogP contribution in [0.15, 0.2) is 29.2 Å². The summed E-state index contributed by atoms with van der Waals surface area (Å²) >= 11 is 0. The monoisotopic (exact) mass is 468 g/mol. The number of nitrogens with one attached hydrogen (secondary N) is 2. The minimum absolute atomic E-state index is 0. The number of carbonyl (C=O) groups is 1. The Labute approximate surface area is 184 Å². The Kier molecular flexibility index (Phi) is 10.3. The summed E-state index contributed by atoms with van der Waals surface area (Å²) in [5.74, 6) is 0.0475. The van der Waals surface area contributed by atoms with E-state index in [1.165, 1.54) is 0 Å². The summed E-state index contributed by atoms with van der Waals surface area (Å²) in [4.78, 5) is 16.7. The lowest BCUT2D eigenvalue weighted by atomic mass is 10.1. The van der Waals surface area contributed by atoms with E-state index in [1.54, 1.807) is 24.3 Å². The summed E-state index contributed by atoms with van der Waals surface area (Å²) in [5, 5.41) is 12.6. The number of benzene rings is 1. The lowest BCUT2D eigenvalue weighted by Crippen LogP contribution is -2.53.